The SMILES string of the molecule is O=C(c1ccc2ccccc2n1)C1CCCCCC1. The third-order valence-electron chi connectivity index (χ3n) is 4.08. The summed E-state index contributed by atoms with van der Waals surface area (Å²) in [6.07, 6.45) is 6.98. The lowest BCUT2D eigenvalue weighted by atomic mass is 9.93. The van der Waals surface area contributed by atoms with E-state index in [1.54, 1.807) is 0 Å². The Morgan fingerprint density at radius 3 is 2.47 bits per heavy atom. The van der Waals surface area contributed by atoms with Crippen molar-refractivity contribution >= 4 is 16.7 Å². The number of rotatable bonds is 2. The number of hydrogen-bond donors (Lipinski definition) is 0. The van der Waals surface area contributed by atoms with Crippen LogP contribution in [-0.2, 0) is 0 Å². The van der Waals surface area contributed by atoms with Gasteiger partial charge >= 0.3 is 0 Å². The van der Waals surface area contributed by atoms with Crippen LogP contribution in [0.2, 0.25) is 0 Å². The van der Waals surface area contributed by atoms with Gasteiger partial charge in [0.2, 0.25) is 0 Å². The highest BCUT2D eigenvalue weighted by molar-refractivity contribution is 5.98. The van der Waals surface area contributed by atoms with Crippen LogP contribution < -0.4 is 0 Å². The van der Waals surface area contributed by atoms with Gasteiger partial charge in [-0.2, -0.15) is 0 Å². The first-order valence-corrected chi connectivity index (χ1v) is 7.24. The summed E-state index contributed by atoms with van der Waals surface area (Å²) in [5, 5.41) is 1.10. The molecule has 1 aromatic heterocycles. The lowest BCUT2D eigenvalue weighted by Crippen LogP contribution is -2.15. The van der Waals surface area contributed by atoms with Gasteiger partial charge in [-0.1, -0.05) is 49.9 Å². The van der Waals surface area contributed by atoms with Crippen molar-refractivity contribution in [2.75, 3.05) is 0 Å². The van der Waals surface area contributed by atoms with Gasteiger partial charge in [0.1, 0.15) is 5.69 Å². The molecule has 0 unspecified atom stereocenters. The van der Waals surface area contributed by atoms with Crippen LogP contribution in [0.3, 0.4) is 0 Å². The second-order valence-electron chi connectivity index (χ2n) is 5.44. The number of fused-ring (bicyclic) bond motifs is 1. The molecule has 0 atom stereocenters. The monoisotopic (exact) mass is 253 g/mol. The molecular weight excluding hydrogens is 234 g/mol. The van der Waals surface area contributed by atoms with Crippen molar-refractivity contribution in [2.24, 2.45) is 5.92 Å². The number of pyridine rings is 1. The number of aromatic nitrogens is 1. The van der Waals surface area contributed by atoms with Crippen LogP contribution in [0.4, 0.5) is 0 Å². The summed E-state index contributed by atoms with van der Waals surface area (Å²) in [4.78, 5) is 17.1. The number of ketones is 1. The molecule has 98 valence electrons. The predicted molar refractivity (Wildman–Crippen MR) is 77.3 cm³/mol. The van der Waals surface area contributed by atoms with Gasteiger partial charge in [-0.05, 0) is 25.0 Å². The summed E-state index contributed by atoms with van der Waals surface area (Å²) in [7, 11) is 0. The maximum absolute atomic E-state index is 12.5. The number of nitrogens with zero attached hydrogens (tertiary/aromatic N) is 1. The van der Waals surface area contributed by atoms with Crippen LogP contribution in [-0.4, -0.2) is 10.8 Å². The third kappa shape index (κ3) is 2.67. The largest absolute Gasteiger partial charge is 0.292 e. The minimum atomic E-state index is 0.191. The van der Waals surface area contributed by atoms with E-state index in [1.807, 2.05) is 36.4 Å². The Morgan fingerprint density at radius 1 is 0.947 bits per heavy atom. The van der Waals surface area contributed by atoms with Gasteiger partial charge in [-0.25, -0.2) is 4.98 Å². The first-order chi connectivity index (χ1) is 9.34. The van der Waals surface area contributed by atoms with Crippen molar-refractivity contribution in [1.29, 1.82) is 0 Å². The van der Waals surface area contributed by atoms with Crippen molar-refractivity contribution in [3.63, 3.8) is 0 Å². The van der Waals surface area contributed by atoms with Gasteiger partial charge in [0.25, 0.3) is 0 Å². The zero-order valence-electron chi connectivity index (χ0n) is 11.1. The number of Topliss-reactive ketones (excluding diaryl/α,β-unsaturated/α-hetero) is 1. The maximum Gasteiger partial charge on any atom is 0.184 e. The molecule has 0 bridgehead atoms. The average Bonchev–Trinajstić information content (AvgIpc) is 2.75. The Balaban J connectivity index is 1.88. The standard InChI is InChI=1S/C17H19NO/c19-17(14-8-3-1-2-4-9-14)16-12-11-13-7-5-6-10-15(13)18-16/h5-7,10-12,14H,1-4,8-9H2. The topological polar surface area (TPSA) is 30.0 Å². The normalized spacial score (nSPS) is 17.3. The Bertz CT molecular complexity index is 583. The van der Waals surface area contributed by atoms with E-state index in [0.29, 0.717) is 5.69 Å². The van der Waals surface area contributed by atoms with Gasteiger partial charge in [0.05, 0.1) is 5.52 Å². The van der Waals surface area contributed by atoms with Gasteiger partial charge in [-0.15, -0.1) is 0 Å². The molecule has 1 saturated carbocycles. The summed E-state index contributed by atoms with van der Waals surface area (Å²) < 4.78 is 0. The minimum absolute atomic E-state index is 0.191. The van der Waals surface area contributed by atoms with Crippen molar-refractivity contribution in [2.45, 2.75) is 38.5 Å². The fourth-order valence-corrected chi connectivity index (χ4v) is 2.95. The van der Waals surface area contributed by atoms with Crippen molar-refractivity contribution in [3.8, 4) is 0 Å². The quantitative estimate of drug-likeness (QED) is 0.587. The highest BCUT2D eigenvalue weighted by Gasteiger charge is 2.22. The molecule has 19 heavy (non-hydrogen) atoms. The molecule has 2 nitrogen and oxygen atoms in total. The Hall–Kier alpha value is -1.70. The predicted octanol–water partition coefficient (Wildman–Crippen LogP) is 4.39. The molecule has 3 rings (SSSR count). The summed E-state index contributed by atoms with van der Waals surface area (Å²) in [6, 6.07) is 11.9. The highest BCUT2D eigenvalue weighted by atomic mass is 16.1. The number of hydrogen-bond acceptors (Lipinski definition) is 2. The molecule has 0 spiro atoms. The molecule has 1 aliphatic rings. The van der Waals surface area contributed by atoms with Crippen LogP contribution in [0.25, 0.3) is 10.9 Å². The fourth-order valence-electron chi connectivity index (χ4n) is 2.95. The number of para-hydroxylation sites is 1. The lowest BCUT2D eigenvalue weighted by molar-refractivity contribution is 0.0903. The molecule has 2 aromatic rings. The molecule has 1 aromatic carbocycles. The van der Waals surface area contributed by atoms with Crippen LogP contribution in [0.5, 0.6) is 0 Å². The van der Waals surface area contributed by atoms with Gasteiger partial charge in [-0.3, -0.25) is 4.79 Å². The summed E-state index contributed by atoms with van der Waals surface area (Å²) in [6.45, 7) is 0. The molecule has 0 saturated heterocycles. The molecule has 1 heterocycles. The molecule has 0 radical (unpaired) electrons. The molecule has 0 amide bonds. The smallest absolute Gasteiger partial charge is 0.184 e. The van der Waals surface area contributed by atoms with Gasteiger partial charge in [0.15, 0.2) is 5.78 Å². The zero-order chi connectivity index (χ0) is 13.1. The molecule has 0 N–H and O–H groups in total. The van der Waals surface area contributed by atoms with E-state index < -0.39 is 0 Å². The second kappa shape index (κ2) is 5.52. The van der Waals surface area contributed by atoms with E-state index in [2.05, 4.69) is 4.98 Å². The molecular formula is C17H19NO. The van der Waals surface area contributed by atoms with Crippen LogP contribution in [0, 0.1) is 5.92 Å². The first-order valence-electron chi connectivity index (χ1n) is 7.24. The van der Waals surface area contributed by atoms with Crippen LogP contribution in [0.15, 0.2) is 36.4 Å². The Labute approximate surface area is 113 Å². The van der Waals surface area contributed by atoms with Crippen molar-refractivity contribution in [1.82, 2.24) is 4.98 Å². The van der Waals surface area contributed by atoms with E-state index >= 15 is 0 Å². The van der Waals surface area contributed by atoms with Gasteiger partial charge < -0.3 is 0 Å². The van der Waals surface area contributed by atoms with Gasteiger partial charge in [0, 0.05) is 11.3 Å². The lowest BCUT2D eigenvalue weighted by Gasteiger charge is -2.12. The summed E-state index contributed by atoms with van der Waals surface area (Å²) in [5.41, 5.74) is 1.56. The Morgan fingerprint density at radius 2 is 1.68 bits per heavy atom. The molecule has 1 fully saturated rings. The zero-order valence-corrected chi connectivity index (χ0v) is 11.1. The summed E-state index contributed by atoms with van der Waals surface area (Å²) in [5.74, 6) is 0.434. The maximum atomic E-state index is 12.5. The van der Waals surface area contributed by atoms with E-state index in [-0.39, 0.29) is 11.7 Å². The number of benzene rings is 1. The third-order valence-corrected chi connectivity index (χ3v) is 4.08. The fraction of sp³-hybridized carbons (Fsp3) is 0.412. The molecule has 0 aliphatic heterocycles. The van der Waals surface area contributed by atoms with Crippen molar-refractivity contribution < 1.29 is 4.79 Å². The number of carbonyl (C=O) groups excluding carboxylic acids is 1. The van der Waals surface area contributed by atoms with E-state index in [1.165, 1.54) is 25.7 Å². The first kappa shape index (κ1) is 12.3. The van der Waals surface area contributed by atoms with E-state index in [4.69, 9.17) is 0 Å². The highest BCUT2D eigenvalue weighted by Crippen LogP contribution is 2.26. The van der Waals surface area contributed by atoms with Crippen LogP contribution in [0.1, 0.15) is 49.0 Å². The van der Waals surface area contributed by atoms with Crippen LogP contribution >= 0.6 is 0 Å². The molecule has 1 aliphatic carbocycles. The average molecular weight is 253 g/mol. The minimum Gasteiger partial charge on any atom is -0.292 e. The van der Waals surface area contributed by atoms with E-state index in [9.17, 15) is 4.79 Å². The summed E-state index contributed by atoms with van der Waals surface area (Å²) >= 11 is 0. The number of carbonyl (C=O) groups is 1. The van der Waals surface area contributed by atoms with E-state index in [0.717, 1.165) is 23.7 Å². The molecule has 2 heteroatoms. The van der Waals surface area contributed by atoms with Crippen molar-refractivity contribution in [3.05, 3.63) is 42.1 Å². The Kier molecular flexibility index (Phi) is 3.58. The second-order valence-corrected chi connectivity index (χ2v) is 5.44.